The third-order valence-electron chi connectivity index (χ3n) is 3.49. The van der Waals surface area contributed by atoms with Gasteiger partial charge in [-0.3, -0.25) is 15.1 Å². The number of amidine groups is 1. The lowest BCUT2D eigenvalue weighted by atomic mass is 10.2. The molecule has 0 aliphatic carbocycles. The highest BCUT2D eigenvalue weighted by Gasteiger charge is 2.16. The molecule has 9 heteroatoms. The van der Waals surface area contributed by atoms with Crippen LogP contribution in [0.1, 0.15) is 19.3 Å². The number of nitrogens with zero attached hydrogens (tertiary/aromatic N) is 3. The minimum absolute atomic E-state index is 0.0526. The highest BCUT2D eigenvalue weighted by molar-refractivity contribution is 6.14. The minimum atomic E-state index is -0.516. The van der Waals surface area contributed by atoms with Crippen LogP contribution >= 0.6 is 0 Å². The molecule has 1 saturated heterocycles. The zero-order valence-electron chi connectivity index (χ0n) is 13.9. The number of hydrogen-bond donors (Lipinski definition) is 2. The molecular formula is C16H21N5O4. The number of nitro groups is 1. The first kappa shape index (κ1) is 18.4. The van der Waals surface area contributed by atoms with Gasteiger partial charge in [0.25, 0.3) is 5.69 Å². The van der Waals surface area contributed by atoms with Gasteiger partial charge in [0, 0.05) is 25.9 Å². The van der Waals surface area contributed by atoms with Gasteiger partial charge < -0.3 is 20.9 Å². The van der Waals surface area contributed by atoms with Crippen molar-refractivity contribution in [1.29, 1.82) is 0 Å². The number of benzene rings is 1. The second kappa shape index (κ2) is 8.78. The number of hydrogen-bond acceptors (Lipinski definition) is 7. The predicted molar refractivity (Wildman–Crippen MR) is 94.6 cm³/mol. The fraction of sp³-hybridized carbons (Fsp3) is 0.375. The van der Waals surface area contributed by atoms with Crippen LogP contribution in [-0.2, 0) is 4.74 Å². The fourth-order valence-electron chi connectivity index (χ4n) is 2.28. The summed E-state index contributed by atoms with van der Waals surface area (Å²) in [5.74, 6) is 0.305. The molecule has 1 heterocycles. The molecule has 0 aromatic heterocycles. The quantitative estimate of drug-likeness (QED) is 0.264. The monoisotopic (exact) mass is 347 g/mol. The van der Waals surface area contributed by atoms with Crippen molar-refractivity contribution in [3.05, 3.63) is 45.8 Å². The molecule has 2 rings (SSSR count). The van der Waals surface area contributed by atoms with E-state index in [2.05, 4.69) is 9.98 Å². The van der Waals surface area contributed by atoms with E-state index >= 15 is 0 Å². The van der Waals surface area contributed by atoms with Gasteiger partial charge in [-0.15, -0.1) is 0 Å². The molecule has 1 unspecified atom stereocenters. The Morgan fingerprint density at radius 3 is 2.88 bits per heavy atom. The molecule has 0 saturated carbocycles. The van der Waals surface area contributed by atoms with Crippen molar-refractivity contribution in [1.82, 2.24) is 0 Å². The highest BCUT2D eigenvalue weighted by Crippen LogP contribution is 2.21. The van der Waals surface area contributed by atoms with Gasteiger partial charge in [0.2, 0.25) is 5.88 Å². The van der Waals surface area contributed by atoms with Gasteiger partial charge in [-0.2, -0.15) is 0 Å². The normalized spacial score (nSPS) is 19.6. The first-order valence-corrected chi connectivity index (χ1v) is 7.80. The molecule has 1 aliphatic rings. The largest absolute Gasteiger partial charge is 0.441 e. The second-order valence-corrected chi connectivity index (χ2v) is 5.36. The van der Waals surface area contributed by atoms with Gasteiger partial charge in [0.05, 0.1) is 16.6 Å². The van der Waals surface area contributed by atoms with E-state index in [4.69, 9.17) is 20.9 Å². The lowest BCUT2D eigenvalue weighted by Crippen LogP contribution is -2.27. The number of ether oxygens (including phenoxy) is 2. The molecule has 0 radical (unpaired) electrons. The molecule has 1 atom stereocenters. The van der Waals surface area contributed by atoms with Crippen LogP contribution in [0.25, 0.3) is 0 Å². The summed E-state index contributed by atoms with van der Waals surface area (Å²) in [6.07, 6.45) is 3.90. The summed E-state index contributed by atoms with van der Waals surface area (Å²) in [5, 5.41) is 10.8. The lowest BCUT2D eigenvalue weighted by Gasteiger charge is -2.19. The Labute approximate surface area is 145 Å². The summed E-state index contributed by atoms with van der Waals surface area (Å²) >= 11 is 0. The van der Waals surface area contributed by atoms with Gasteiger partial charge in [-0.1, -0.05) is 6.07 Å². The average Bonchev–Trinajstić information content (AvgIpc) is 2.60. The van der Waals surface area contributed by atoms with Crippen LogP contribution in [0.15, 0.2) is 45.7 Å². The van der Waals surface area contributed by atoms with Crippen LogP contribution in [0.4, 0.5) is 5.69 Å². The molecule has 25 heavy (non-hydrogen) atoms. The molecule has 4 N–H and O–H groups in total. The second-order valence-electron chi connectivity index (χ2n) is 5.36. The van der Waals surface area contributed by atoms with Crippen molar-refractivity contribution in [2.75, 3.05) is 13.7 Å². The van der Waals surface area contributed by atoms with Crippen molar-refractivity contribution in [2.45, 2.75) is 25.5 Å². The molecular weight excluding hydrogens is 326 g/mol. The Morgan fingerprint density at radius 1 is 1.44 bits per heavy atom. The first-order valence-electron chi connectivity index (χ1n) is 7.80. The summed E-state index contributed by atoms with van der Waals surface area (Å²) in [7, 11) is 1.56. The topological polar surface area (TPSA) is 138 Å². The third-order valence-corrected chi connectivity index (χ3v) is 3.49. The molecule has 1 aromatic carbocycles. The van der Waals surface area contributed by atoms with E-state index in [-0.39, 0.29) is 29.4 Å². The summed E-state index contributed by atoms with van der Waals surface area (Å²) in [6, 6.07) is 5.68. The maximum Gasteiger partial charge on any atom is 0.273 e. The molecule has 134 valence electrons. The summed E-state index contributed by atoms with van der Waals surface area (Å²) < 4.78 is 11.0. The molecule has 9 nitrogen and oxygen atoms in total. The smallest absolute Gasteiger partial charge is 0.273 e. The summed E-state index contributed by atoms with van der Waals surface area (Å²) in [6.45, 7) is 0.641. The molecule has 1 fully saturated rings. The van der Waals surface area contributed by atoms with Gasteiger partial charge in [-0.25, -0.2) is 4.99 Å². The van der Waals surface area contributed by atoms with Crippen molar-refractivity contribution < 1.29 is 14.4 Å². The third kappa shape index (κ3) is 5.28. The van der Waals surface area contributed by atoms with E-state index in [0.29, 0.717) is 12.2 Å². The standard InChI is InChI=1S/C16H21N5O4/c1-19-10-13(15(17)20-14-7-2-3-8-24-14)16(18)25-12-6-4-5-11(9-12)21(22)23/h4-6,9-10,14H,2-3,7-8,18H2,1H3,(H2,17,20)/b16-13+,19-10?. The van der Waals surface area contributed by atoms with E-state index in [0.717, 1.165) is 19.3 Å². The Hall–Kier alpha value is -2.94. The van der Waals surface area contributed by atoms with Crippen LogP contribution in [0.5, 0.6) is 5.75 Å². The van der Waals surface area contributed by atoms with Gasteiger partial charge in [-0.05, 0) is 25.3 Å². The van der Waals surface area contributed by atoms with Gasteiger partial charge in [0.1, 0.15) is 11.6 Å². The minimum Gasteiger partial charge on any atom is -0.441 e. The number of aliphatic imine (C=N–C) groups is 2. The zero-order valence-corrected chi connectivity index (χ0v) is 13.9. The Bertz CT molecular complexity index is 708. The fourth-order valence-corrected chi connectivity index (χ4v) is 2.28. The lowest BCUT2D eigenvalue weighted by molar-refractivity contribution is -0.384. The maximum atomic E-state index is 10.8. The van der Waals surface area contributed by atoms with E-state index in [1.165, 1.54) is 24.4 Å². The van der Waals surface area contributed by atoms with Crippen molar-refractivity contribution >= 4 is 17.7 Å². The Morgan fingerprint density at radius 2 is 2.24 bits per heavy atom. The van der Waals surface area contributed by atoms with E-state index in [9.17, 15) is 10.1 Å². The Balaban J connectivity index is 2.25. The average molecular weight is 347 g/mol. The molecule has 1 aliphatic heterocycles. The van der Waals surface area contributed by atoms with Crippen LogP contribution in [0, 0.1) is 10.1 Å². The van der Waals surface area contributed by atoms with Crippen LogP contribution < -0.4 is 16.2 Å². The van der Waals surface area contributed by atoms with Gasteiger partial charge >= 0.3 is 0 Å². The number of rotatable bonds is 6. The zero-order chi connectivity index (χ0) is 18.2. The first-order chi connectivity index (χ1) is 12.0. The molecule has 0 spiro atoms. The number of non-ortho nitro benzene ring substituents is 1. The summed E-state index contributed by atoms with van der Waals surface area (Å²) in [4.78, 5) is 18.5. The molecule has 1 aromatic rings. The van der Waals surface area contributed by atoms with Gasteiger partial charge in [0.15, 0.2) is 6.23 Å². The summed E-state index contributed by atoms with van der Waals surface area (Å²) in [5.41, 5.74) is 12.2. The van der Waals surface area contributed by atoms with E-state index < -0.39 is 4.92 Å². The molecule has 0 amide bonds. The molecule has 0 bridgehead atoms. The Kier molecular flexibility index (Phi) is 6.47. The van der Waals surface area contributed by atoms with Crippen molar-refractivity contribution in [3.8, 4) is 5.75 Å². The van der Waals surface area contributed by atoms with Crippen LogP contribution in [-0.4, -0.2) is 36.9 Å². The van der Waals surface area contributed by atoms with Crippen molar-refractivity contribution in [2.24, 2.45) is 21.5 Å². The van der Waals surface area contributed by atoms with Crippen molar-refractivity contribution in [3.63, 3.8) is 0 Å². The number of nitro benzene ring substituents is 1. The van der Waals surface area contributed by atoms with E-state index in [1.54, 1.807) is 13.1 Å². The number of nitrogens with two attached hydrogens (primary N) is 2. The van der Waals surface area contributed by atoms with Crippen LogP contribution in [0.2, 0.25) is 0 Å². The van der Waals surface area contributed by atoms with E-state index in [1.807, 2.05) is 0 Å². The maximum absolute atomic E-state index is 10.8. The van der Waals surface area contributed by atoms with Crippen LogP contribution in [0.3, 0.4) is 0 Å². The predicted octanol–water partition coefficient (Wildman–Crippen LogP) is 1.73. The SMILES string of the molecule is CN=C/C(C(N)=NC1CCCCO1)=C(/N)Oc1cccc([N+](=O)[O-])c1. The highest BCUT2D eigenvalue weighted by atomic mass is 16.6.